The Kier molecular flexibility index (Phi) is 10.8. The van der Waals surface area contributed by atoms with Gasteiger partial charge in [0.1, 0.15) is 4.49 Å². The average Bonchev–Trinajstić information content (AvgIpc) is 2.58. The van der Waals surface area contributed by atoms with Gasteiger partial charge in [0, 0.05) is 10.9 Å². The molecular formula is C18H21Cl7O. The van der Waals surface area contributed by atoms with E-state index in [9.17, 15) is 5.11 Å². The summed E-state index contributed by atoms with van der Waals surface area (Å²) in [4.78, 5) is 0. The van der Waals surface area contributed by atoms with E-state index < -0.39 is 15.3 Å². The van der Waals surface area contributed by atoms with E-state index in [1.54, 1.807) is 24.3 Å². The fraction of sp³-hybridized carbons (Fsp3) is 0.556. The van der Waals surface area contributed by atoms with E-state index in [1.165, 1.54) is 0 Å². The van der Waals surface area contributed by atoms with Gasteiger partial charge in [-0.1, -0.05) is 132 Å². The lowest BCUT2D eigenvalue weighted by Crippen LogP contribution is -2.47. The van der Waals surface area contributed by atoms with Crippen LogP contribution in [0.15, 0.2) is 33.8 Å². The van der Waals surface area contributed by atoms with Gasteiger partial charge in [0.05, 0.1) is 5.03 Å². The molecule has 0 aliphatic carbocycles. The Morgan fingerprint density at radius 1 is 0.962 bits per heavy atom. The van der Waals surface area contributed by atoms with Crippen molar-refractivity contribution in [2.75, 3.05) is 0 Å². The Bertz CT molecular complexity index is 592. The summed E-state index contributed by atoms with van der Waals surface area (Å²) in [5.41, 5.74) is 0.739. The lowest BCUT2D eigenvalue weighted by molar-refractivity contribution is 0.0861. The molecule has 0 radical (unpaired) electrons. The number of halogens is 7. The van der Waals surface area contributed by atoms with Crippen molar-refractivity contribution >= 4 is 81.2 Å². The second kappa shape index (κ2) is 11.2. The predicted octanol–water partition coefficient (Wildman–Crippen LogP) is 8.77. The van der Waals surface area contributed by atoms with Gasteiger partial charge in [-0.15, -0.1) is 0 Å². The highest BCUT2D eigenvalue weighted by atomic mass is 35.5. The number of aliphatic hydroxyl groups is 1. The lowest BCUT2D eigenvalue weighted by atomic mass is 9.85. The molecule has 8 heteroatoms. The van der Waals surface area contributed by atoms with E-state index in [0.717, 1.165) is 37.7 Å². The highest BCUT2D eigenvalue weighted by molar-refractivity contribution is 6.65. The number of hydrogen-bond acceptors (Lipinski definition) is 1. The largest absolute Gasteiger partial charge is 0.371 e. The van der Waals surface area contributed by atoms with Crippen LogP contribution in [-0.4, -0.2) is 14.5 Å². The third-order valence-electron chi connectivity index (χ3n) is 4.21. The molecule has 0 aliphatic heterocycles. The maximum absolute atomic E-state index is 11.1. The summed E-state index contributed by atoms with van der Waals surface area (Å²) >= 11 is 42.5. The van der Waals surface area contributed by atoms with E-state index in [1.807, 2.05) is 0 Å². The summed E-state index contributed by atoms with van der Waals surface area (Å²) < 4.78 is -2.45. The zero-order valence-electron chi connectivity index (χ0n) is 14.2. The summed E-state index contributed by atoms with van der Waals surface area (Å²) in [5.74, 6) is -0.612. The smallest absolute Gasteiger partial charge is 0.198 e. The van der Waals surface area contributed by atoms with Crippen molar-refractivity contribution in [3.63, 3.8) is 0 Å². The lowest BCUT2D eigenvalue weighted by Gasteiger charge is -2.39. The minimum Gasteiger partial charge on any atom is -0.371 e. The molecule has 0 heterocycles. The molecule has 1 N–H and O–H groups in total. The highest BCUT2D eigenvalue weighted by Gasteiger charge is 2.55. The van der Waals surface area contributed by atoms with E-state index in [0.29, 0.717) is 11.4 Å². The maximum Gasteiger partial charge on any atom is 0.198 e. The zero-order valence-corrected chi connectivity index (χ0v) is 19.5. The molecule has 0 fully saturated rings. The number of benzene rings is 1. The van der Waals surface area contributed by atoms with Gasteiger partial charge in [-0.3, -0.25) is 0 Å². The van der Waals surface area contributed by atoms with Gasteiger partial charge in [-0.25, -0.2) is 0 Å². The van der Waals surface area contributed by atoms with Crippen LogP contribution in [0.5, 0.6) is 0 Å². The Morgan fingerprint density at radius 3 is 2.00 bits per heavy atom. The van der Waals surface area contributed by atoms with E-state index in [-0.39, 0.29) is 9.52 Å². The summed E-state index contributed by atoms with van der Waals surface area (Å²) in [6, 6.07) is 6.97. The number of unbranched alkanes of at least 4 members (excludes halogenated alkanes) is 4. The van der Waals surface area contributed by atoms with Crippen LogP contribution in [-0.2, 0) is 0 Å². The van der Waals surface area contributed by atoms with E-state index >= 15 is 0 Å². The van der Waals surface area contributed by atoms with Crippen molar-refractivity contribution in [3.8, 4) is 0 Å². The molecule has 0 spiro atoms. The van der Waals surface area contributed by atoms with Crippen LogP contribution in [0.2, 0.25) is 5.02 Å². The Morgan fingerprint density at radius 2 is 1.50 bits per heavy atom. The summed E-state index contributed by atoms with van der Waals surface area (Å²) in [5, 5.41) is 9.18. The first-order valence-corrected chi connectivity index (χ1v) is 11.0. The molecule has 26 heavy (non-hydrogen) atoms. The molecule has 148 valence electrons. The third-order valence-corrected chi connectivity index (χ3v) is 7.40. The molecule has 0 saturated carbocycles. The SMILES string of the molecule is CCCCCCCC(c1ccc(Cl)cc1)C(O)(Cl)C(Cl)(Cl)C(Cl)=C(Cl)Cl. The second-order valence-corrected chi connectivity index (χ2v) is 9.80. The predicted molar refractivity (Wildman–Crippen MR) is 117 cm³/mol. The molecule has 2 unspecified atom stereocenters. The molecule has 0 aromatic heterocycles. The van der Waals surface area contributed by atoms with E-state index in [4.69, 9.17) is 81.2 Å². The fourth-order valence-electron chi connectivity index (χ4n) is 2.72. The standard InChI is InChI=1S/C18H21Cl7O/c1-2-3-4-5-6-7-14(12-8-10-13(19)11-9-12)18(25,26)17(23,24)15(20)16(21)22/h8-11,14,26H,2-7H2,1H3. The van der Waals surface area contributed by atoms with Crippen molar-refractivity contribution in [1.29, 1.82) is 0 Å². The first-order chi connectivity index (χ1) is 12.1. The van der Waals surface area contributed by atoms with Crippen LogP contribution >= 0.6 is 81.2 Å². The van der Waals surface area contributed by atoms with Crippen LogP contribution in [0.1, 0.15) is 56.9 Å². The van der Waals surface area contributed by atoms with Gasteiger partial charge >= 0.3 is 0 Å². The van der Waals surface area contributed by atoms with Crippen molar-refractivity contribution in [3.05, 3.63) is 44.4 Å². The number of alkyl halides is 3. The Labute approximate surface area is 190 Å². The monoisotopic (exact) mass is 498 g/mol. The molecule has 1 aromatic carbocycles. The normalized spacial score (nSPS) is 15.4. The molecule has 0 aliphatic rings. The summed E-state index contributed by atoms with van der Waals surface area (Å²) in [7, 11) is 0. The van der Waals surface area contributed by atoms with Crippen LogP contribution in [0.25, 0.3) is 0 Å². The first-order valence-electron chi connectivity index (χ1n) is 8.31. The van der Waals surface area contributed by atoms with Gasteiger partial charge in [0.2, 0.25) is 0 Å². The minimum atomic E-state index is -2.14. The first kappa shape index (κ1) is 25.0. The Balaban J connectivity index is 3.16. The summed E-state index contributed by atoms with van der Waals surface area (Å²) in [6.45, 7) is 2.15. The van der Waals surface area contributed by atoms with Crippen molar-refractivity contribution in [1.82, 2.24) is 0 Å². The van der Waals surface area contributed by atoms with Gasteiger partial charge in [-0.2, -0.15) is 0 Å². The topological polar surface area (TPSA) is 20.2 Å². The van der Waals surface area contributed by atoms with Crippen LogP contribution in [0.3, 0.4) is 0 Å². The quantitative estimate of drug-likeness (QED) is 0.251. The molecule has 2 atom stereocenters. The van der Waals surface area contributed by atoms with Crippen molar-refractivity contribution < 1.29 is 5.11 Å². The minimum absolute atomic E-state index is 0.327. The number of hydrogen-bond donors (Lipinski definition) is 1. The number of rotatable bonds is 10. The van der Waals surface area contributed by atoms with Gasteiger partial charge < -0.3 is 5.11 Å². The second-order valence-electron chi connectivity index (χ2n) is 6.13. The summed E-state index contributed by atoms with van der Waals surface area (Å²) in [6.07, 6.45) is 5.79. The van der Waals surface area contributed by atoms with Crippen molar-refractivity contribution in [2.45, 2.75) is 60.8 Å². The molecule has 1 aromatic rings. The van der Waals surface area contributed by atoms with Gasteiger partial charge in [0.25, 0.3) is 0 Å². The zero-order chi connectivity index (χ0) is 20.0. The van der Waals surface area contributed by atoms with Crippen LogP contribution in [0, 0.1) is 0 Å². The average molecular weight is 502 g/mol. The molecule has 1 nitrogen and oxygen atoms in total. The fourth-order valence-corrected chi connectivity index (χ4v) is 4.29. The molecule has 0 amide bonds. The molecule has 1 rings (SSSR count). The van der Waals surface area contributed by atoms with Gasteiger partial charge in [0.15, 0.2) is 9.39 Å². The molecular weight excluding hydrogens is 480 g/mol. The molecule has 0 bridgehead atoms. The van der Waals surface area contributed by atoms with Gasteiger partial charge in [-0.05, 0) is 24.1 Å². The van der Waals surface area contributed by atoms with Crippen LogP contribution < -0.4 is 0 Å². The third kappa shape index (κ3) is 6.49. The van der Waals surface area contributed by atoms with E-state index in [2.05, 4.69) is 6.92 Å². The van der Waals surface area contributed by atoms with Crippen LogP contribution in [0.4, 0.5) is 0 Å². The Hall–Kier alpha value is 0.950. The highest BCUT2D eigenvalue weighted by Crippen LogP contribution is 2.54. The van der Waals surface area contributed by atoms with Crippen molar-refractivity contribution in [2.24, 2.45) is 0 Å². The maximum atomic E-state index is 11.1. The molecule has 0 saturated heterocycles.